The minimum Gasteiger partial charge on any atom is -0.147 e. The summed E-state index contributed by atoms with van der Waals surface area (Å²) in [6.45, 7) is 14.3. The van der Waals surface area contributed by atoms with Gasteiger partial charge in [-0.2, -0.15) is 0 Å². The van der Waals surface area contributed by atoms with Crippen molar-refractivity contribution in [3.05, 3.63) is 92.2 Å². The smallest absolute Gasteiger partial charge is 0.147 e. The van der Waals surface area contributed by atoms with Crippen LogP contribution in [0.2, 0.25) is 0 Å². The molecular formula is C36H44Cl2OZr. The summed E-state index contributed by atoms with van der Waals surface area (Å²) in [4.78, 5) is 0. The number of halogens is 2. The van der Waals surface area contributed by atoms with Crippen molar-refractivity contribution in [1.82, 2.24) is 0 Å². The second-order valence-electron chi connectivity index (χ2n) is 13.6. The molecule has 0 spiro atoms. The Balaban J connectivity index is 0.00000185. The van der Waals surface area contributed by atoms with E-state index in [1.165, 1.54) is 65.5 Å². The summed E-state index contributed by atoms with van der Waals surface area (Å²) in [5.41, 5.74) is 12.3. The first-order valence-corrected chi connectivity index (χ1v) is 18.3. The molecule has 1 heterocycles. The normalized spacial score (nSPS) is 16.4. The second-order valence-corrected chi connectivity index (χ2v) is 19.9. The molecule has 4 heteroatoms. The van der Waals surface area contributed by atoms with Gasteiger partial charge in [0.25, 0.3) is 0 Å². The summed E-state index contributed by atoms with van der Waals surface area (Å²) < 4.78 is 11.1. The number of rotatable bonds is 3. The first kappa shape index (κ1) is 31.5. The van der Waals surface area contributed by atoms with Crippen LogP contribution >= 0.6 is 24.8 Å². The van der Waals surface area contributed by atoms with Gasteiger partial charge in [-0.3, -0.25) is 0 Å². The van der Waals surface area contributed by atoms with Gasteiger partial charge in [-0.25, -0.2) is 0 Å². The molecule has 0 aliphatic heterocycles. The first-order valence-electron chi connectivity index (χ1n) is 14.6. The van der Waals surface area contributed by atoms with Crippen LogP contribution in [0, 0.1) is 0 Å². The Labute approximate surface area is 261 Å². The molecule has 0 radical (unpaired) electrons. The summed E-state index contributed by atoms with van der Waals surface area (Å²) in [6, 6.07) is 14.5. The minimum atomic E-state index is -2.42. The van der Waals surface area contributed by atoms with E-state index in [-0.39, 0.29) is 35.6 Å². The van der Waals surface area contributed by atoms with Crippen LogP contribution in [0.25, 0.3) is 16.7 Å². The SMILES string of the molecule is CC(C)(C)c1ccc2c(c1)Cc1c-2ccc(C(C)(C)C)[c]1[Zr]([C]1=C(c2ccoc2)C=CC1)=[C]1CCCCC1.Cl.Cl. The van der Waals surface area contributed by atoms with Crippen molar-refractivity contribution in [2.24, 2.45) is 0 Å². The van der Waals surface area contributed by atoms with E-state index in [1.807, 2.05) is 19.0 Å². The molecular weight excluding hydrogens is 611 g/mol. The Bertz CT molecular complexity index is 1480. The summed E-state index contributed by atoms with van der Waals surface area (Å²) in [6.07, 6.45) is 17.6. The van der Waals surface area contributed by atoms with Gasteiger partial charge in [0.2, 0.25) is 0 Å². The molecule has 0 amide bonds. The molecule has 2 aromatic carbocycles. The van der Waals surface area contributed by atoms with Crippen LogP contribution < -0.4 is 3.27 Å². The van der Waals surface area contributed by atoms with E-state index in [0.29, 0.717) is 0 Å². The molecule has 0 unspecified atom stereocenters. The van der Waals surface area contributed by atoms with E-state index in [4.69, 9.17) is 4.42 Å². The predicted octanol–water partition coefficient (Wildman–Crippen LogP) is 10.0. The fourth-order valence-corrected chi connectivity index (χ4v) is 16.7. The summed E-state index contributed by atoms with van der Waals surface area (Å²) >= 11 is -2.42. The molecule has 1 nitrogen and oxygen atoms in total. The molecule has 0 atom stereocenters. The Morgan fingerprint density at radius 1 is 0.800 bits per heavy atom. The molecule has 0 N–H and O–H groups in total. The van der Waals surface area contributed by atoms with Crippen molar-refractivity contribution in [2.45, 2.75) is 97.3 Å². The number of hydrogen-bond donors (Lipinski definition) is 0. The van der Waals surface area contributed by atoms with Gasteiger partial charge in [0.1, 0.15) is 0 Å². The maximum Gasteiger partial charge on any atom is -0.147 e. The molecule has 3 aliphatic carbocycles. The molecule has 212 valence electrons. The largest absolute Gasteiger partial charge is 0.147 e. The summed E-state index contributed by atoms with van der Waals surface area (Å²) in [5, 5.41) is 0. The van der Waals surface area contributed by atoms with Crippen LogP contribution in [0.5, 0.6) is 0 Å². The molecule has 3 aromatic rings. The number of allylic oxidation sites excluding steroid dienone is 4. The van der Waals surface area contributed by atoms with Crippen LogP contribution in [0.3, 0.4) is 0 Å². The topological polar surface area (TPSA) is 13.1 Å². The Morgan fingerprint density at radius 2 is 1.52 bits per heavy atom. The standard InChI is InChI=1S/C21H25.C9H7O.C6H10.2ClH.Zr/c1-20(2,3)16-7-9-18-14(12-16)11-15-13-17(21(4,5)6)8-10-19(15)18;1-2-4-8(3-1)9-5-6-10-7-9;1-2-4-6-5-3-1;;;/h7-10,12H,11H2,1-6H3;1,3,5-7H,2H2;1-5H2;2*1H;. The molecule has 3 aliphatic rings. The van der Waals surface area contributed by atoms with Crippen LogP contribution in [0.15, 0.2) is 68.8 Å². The Kier molecular flexibility index (Phi) is 9.46. The zero-order valence-electron chi connectivity index (χ0n) is 24.9. The predicted molar refractivity (Wildman–Crippen MR) is 174 cm³/mol. The first-order chi connectivity index (χ1) is 18.1. The summed E-state index contributed by atoms with van der Waals surface area (Å²) in [5.74, 6) is 0. The van der Waals surface area contributed by atoms with E-state index in [0.717, 1.165) is 12.8 Å². The average Bonchev–Trinajstić information content (AvgIpc) is 3.63. The van der Waals surface area contributed by atoms with E-state index in [9.17, 15) is 0 Å². The number of fused-ring (bicyclic) bond motifs is 3. The Hall–Kier alpha value is -1.47. The van der Waals surface area contributed by atoms with E-state index in [1.54, 1.807) is 14.4 Å². The van der Waals surface area contributed by atoms with Gasteiger partial charge in [0.15, 0.2) is 0 Å². The zero-order chi connectivity index (χ0) is 26.7. The second kappa shape index (κ2) is 12.0. The molecule has 0 saturated heterocycles. The number of benzene rings is 2. The fraction of sp³-hybridized carbons (Fsp3) is 0.417. The van der Waals surface area contributed by atoms with Gasteiger partial charge in [-0.15, -0.1) is 24.8 Å². The maximum atomic E-state index is 5.59. The van der Waals surface area contributed by atoms with Crippen LogP contribution in [0.1, 0.15) is 108 Å². The minimum absolute atomic E-state index is 0. The van der Waals surface area contributed by atoms with Gasteiger partial charge in [0.05, 0.1) is 0 Å². The van der Waals surface area contributed by atoms with Crippen molar-refractivity contribution in [2.75, 3.05) is 0 Å². The van der Waals surface area contributed by atoms with Crippen molar-refractivity contribution >= 4 is 36.9 Å². The van der Waals surface area contributed by atoms with Gasteiger partial charge >= 0.3 is 238 Å². The molecule has 1 fully saturated rings. The van der Waals surface area contributed by atoms with Gasteiger partial charge in [0, 0.05) is 0 Å². The third-order valence-corrected chi connectivity index (χ3v) is 17.1. The van der Waals surface area contributed by atoms with Crippen molar-refractivity contribution in [1.29, 1.82) is 0 Å². The molecule has 40 heavy (non-hydrogen) atoms. The maximum absolute atomic E-state index is 5.59. The van der Waals surface area contributed by atoms with E-state index in [2.05, 4.69) is 90.1 Å². The quantitative estimate of drug-likeness (QED) is 0.214. The van der Waals surface area contributed by atoms with Gasteiger partial charge in [-0.1, -0.05) is 0 Å². The van der Waals surface area contributed by atoms with Gasteiger partial charge < -0.3 is 0 Å². The van der Waals surface area contributed by atoms with Crippen molar-refractivity contribution < 1.29 is 25.7 Å². The third-order valence-electron chi connectivity index (χ3n) is 8.88. The zero-order valence-corrected chi connectivity index (χ0v) is 29.0. The van der Waals surface area contributed by atoms with E-state index >= 15 is 0 Å². The van der Waals surface area contributed by atoms with Crippen LogP contribution in [-0.2, 0) is 38.5 Å². The number of hydrogen-bond acceptors (Lipinski definition) is 1. The molecule has 1 aromatic heterocycles. The van der Waals surface area contributed by atoms with Crippen LogP contribution in [-0.4, -0.2) is 3.21 Å². The molecule has 0 bridgehead atoms. The number of furan rings is 1. The third kappa shape index (κ3) is 5.75. The van der Waals surface area contributed by atoms with Gasteiger partial charge in [-0.05, 0) is 0 Å². The van der Waals surface area contributed by atoms with Crippen LogP contribution in [0.4, 0.5) is 0 Å². The monoisotopic (exact) mass is 652 g/mol. The fourth-order valence-electron chi connectivity index (χ4n) is 6.85. The summed E-state index contributed by atoms with van der Waals surface area (Å²) in [7, 11) is 0. The average molecular weight is 655 g/mol. The molecule has 1 saturated carbocycles. The Morgan fingerprint density at radius 3 is 2.17 bits per heavy atom. The molecule has 6 rings (SSSR count). The van der Waals surface area contributed by atoms with E-state index < -0.39 is 21.3 Å². The van der Waals surface area contributed by atoms with Crippen molar-refractivity contribution in [3.63, 3.8) is 0 Å². The van der Waals surface area contributed by atoms with Crippen molar-refractivity contribution in [3.8, 4) is 11.1 Å².